The SMILES string of the molecule is CCCCCCCCCOc1ccc([C@H]2CC[C@H](CC(=O)C3CCC(CCCCCCC)CC3=O)CC2)cc1. The largest absolute Gasteiger partial charge is 0.494 e. The van der Waals surface area contributed by atoms with E-state index in [2.05, 4.69) is 38.1 Å². The van der Waals surface area contributed by atoms with Gasteiger partial charge in [-0.15, -0.1) is 0 Å². The van der Waals surface area contributed by atoms with Crippen LogP contribution in [0.1, 0.15) is 160 Å². The highest BCUT2D eigenvalue weighted by Crippen LogP contribution is 2.39. The molecule has 0 heterocycles. The lowest BCUT2D eigenvalue weighted by Crippen LogP contribution is -2.32. The Kier molecular flexibility index (Phi) is 15.3. The van der Waals surface area contributed by atoms with Gasteiger partial charge in [-0.25, -0.2) is 0 Å². The van der Waals surface area contributed by atoms with E-state index in [0.29, 0.717) is 30.6 Å². The topological polar surface area (TPSA) is 43.4 Å². The molecule has 3 nitrogen and oxygen atoms in total. The predicted molar refractivity (Wildman–Crippen MR) is 163 cm³/mol. The van der Waals surface area contributed by atoms with Crippen molar-refractivity contribution in [1.29, 1.82) is 0 Å². The molecular weight excluding hydrogens is 480 g/mol. The first-order valence-corrected chi connectivity index (χ1v) is 16.9. The minimum atomic E-state index is -0.298. The zero-order valence-corrected chi connectivity index (χ0v) is 25.4. The number of hydrogen-bond donors (Lipinski definition) is 0. The minimum Gasteiger partial charge on any atom is -0.494 e. The minimum absolute atomic E-state index is 0.243. The number of rotatable bonds is 19. The van der Waals surface area contributed by atoms with Crippen molar-refractivity contribution < 1.29 is 14.3 Å². The van der Waals surface area contributed by atoms with Crippen LogP contribution in [0.25, 0.3) is 0 Å². The average molecular weight is 539 g/mol. The molecule has 1 aromatic rings. The van der Waals surface area contributed by atoms with Crippen LogP contribution < -0.4 is 4.74 Å². The first kappa shape index (κ1) is 31.9. The number of benzene rings is 1. The van der Waals surface area contributed by atoms with Gasteiger partial charge in [0.15, 0.2) is 0 Å². The van der Waals surface area contributed by atoms with E-state index in [9.17, 15) is 9.59 Å². The number of ketones is 2. The molecule has 2 aliphatic rings. The lowest BCUT2D eigenvalue weighted by molar-refractivity contribution is -0.136. The standard InChI is InChI=1S/C36H58O3/c1-3-5-7-9-10-12-14-26-39-33-23-21-32(22-24-33)31-19-16-30(17-20-31)28-36(38)34-25-18-29(27-35(34)37)15-13-11-8-6-4-2/h21-24,29-31,34H,3-20,25-28H2,1-2H3/t29?,30-,31-,34?. The number of ether oxygens (including phenoxy) is 1. The first-order chi connectivity index (χ1) is 19.1. The van der Waals surface area contributed by atoms with E-state index in [0.717, 1.165) is 57.3 Å². The monoisotopic (exact) mass is 538 g/mol. The van der Waals surface area contributed by atoms with Gasteiger partial charge in [0.2, 0.25) is 0 Å². The van der Waals surface area contributed by atoms with Gasteiger partial charge >= 0.3 is 0 Å². The van der Waals surface area contributed by atoms with Crippen LogP contribution in [0.3, 0.4) is 0 Å². The van der Waals surface area contributed by atoms with E-state index in [1.807, 2.05) is 0 Å². The number of Topliss-reactive ketones (excluding diaryl/α,β-unsaturated/α-hetero) is 2. The molecule has 0 N–H and O–H groups in total. The zero-order chi connectivity index (χ0) is 27.7. The van der Waals surface area contributed by atoms with Crippen molar-refractivity contribution in [3.8, 4) is 5.75 Å². The Hall–Kier alpha value is -1.64. The van der Waals surface area contributed by atoms with Gasteiger partial charge in [-0.3, -0.25) is 9.59 Å². The van der Waals surface area contributed by atoms with E-state index in [1.54, 1.807) is 0 Å². The Morgan fingerprint density at radius 2 is 1.31 bits per heavy atom. The molecular formula is C36H58O3. The molecule has 2 saturated carbocycles. The summed E-state index contributed by atoms with van der Waals surface area (Å²) in [5.41, 5.74) is 1.41. The maximum atomic E-state index is 13.1. The van der Waals surface area contributed by atoms with Crippen LogP contribution in [0.2, 0.25) is 0 Å². The van der Waals surface area contributed by atoms with Gasteiger partial charge in [0.25, 0.3) is 0 Å². The Labute approximate surface area is 240 Å². The third-order valence-electron chi connectivity index (χ3n) is 9.55. The van der Waals surface area contributed by atoms with Crippen LogP contribution in [0.15, 0.2) is 24.3 Å². The summed E-state index contributed by atoms with van der Waals surface area (Å²) in [7, 11) is 0. The molecule has 0 aromatic heterocycles. The van der Waals surface area contributed by atoms with Crippen LogP contribution >= 0.6 is 0 Å². The van der Waals surface area contributed by atoms with E-state index < -0.39 is 0 Å². The lowest BCUT2D eigenvalue weighted by atomic mass is 9.73. The predicted octanol–water partition coefficient (Wildman–Crippen LogP) is 10.4. The molecule has 0 bridgehead atoms. The quantitative estimate of drug-likeness (QED) is 0.130. The van der Waals surface area contributed by atoms with Crippen molar-refractivity contribution in [2.24, 2.45) is 17.8 Å². The molecule has 3 heteroatoms. The zero-order valence-electron chi connectivity index (χ0n) is 25.4. The first-order valence-electron chi connectivity index (χ1n) is 16.9. The Morgan fingerprint density at radius 1 is 0.718 bits per heavy atom. The average Bonchev–Trinajstić information content (AvgIpc) is 2.95. The second-order valence-electron chi connectivity index (χ2n) is 12.8. The Bertz CT molecular complexity index is 805. The molecule has 2 atom stereocenters. The van der Waals surface area contributed by atoms with Gasteiger partial charge in [0.05, 0.1) is 12.5 Å². The van der Waals surface area contributed by atoms with Gasteiger partial charge in [0.1, 0.15) is 17.3 Å². The molecule has 0 amide bonds. The maximum Gasteiger partial charge on any atom is 0.143 e. The van der Waals surface area contributed by atoms with Crippen molar-refractivity contribution in [2.75, 3.05) is 6.61 Å². The number of carbonyl (C=O) groups excluding carboxylic acids is 2. The van der Waals surface area contributed by atoms with Crippen molar-refractivity contribution in [3.63, 3.8) is 0 Å². The summed E-state index contributed by atoms with van der Waals surface area (Å²) < 4.78 is 5.98. The summed E-state index contributed by atoms with van der Waals surface area (Å²) >= 11 is 0. The lowest BCUT2D eigenvalue weighted by Gasteiger charge is -2.31. The van der Waals surface area contributed by atoms with Crippen molar-refractivity contribution in [3.05, 3.63) is 29.8 Å². The van der Waals surface area contributed by atoms with Crippen LogP contribution in [0.4, 0.5) is 0 Å². The fourth-order valence-electron chi connectivity index (χ4n) is 6.93. The van der Waals surface area contributed by atoms with E-state index in [1.165, 1.54) is 82.6 Å². The summed E-state index contributed by atoms with van der Waals surface area (Å²) in [5, 5.41) is 0. The fraction of sp³-hybridized carbons (Fsp3) is 0.778. The van der Waals surface area contributed by atoms with Crippen molar-refractivity contribution in [2.45, 2.75) is 155 Å². The Morgan fingerprint density at radius 3 is 1.95 bits per heavy atom. The van der Waals surface area contributed by atoms with E-state index in [-0.39, 0.29) is 17.5 Å². The van der Waals surface area contributed by atoms with Gasteiger partial charge in [-0.1, -0.05) is 103 Å². The van der Waals surface area contributed by atoms with E-state index >= 15 is 0 Å². The highest BCUT2D eigenvalue weighted by Gasteiger charge is 2.34. The van der Waals surface area contributed by atoms with Crippen LogP contribution in [-0.4, -0.2) is 18.2 Å². The molecule has 1 aromatic carbocycles. The maximum absolute atomic E-state index is 13.1. The normalized spacial score (nSPS) is 23.6. The summed E-state index contributed by atoms with van der Waals surface area (Å²) in [6.45, 7) is 5.32. The summed E-state index contributed by atoms with van der Waals surface area (Å²) in [6, 6.07) is 8.77. The molecule has 0 spiro atoms. The van der Waals surface area contributed by atoms with Crippen LogP contribution in [0, 0.1) is 17.8 Å². The molecule has 39 heavy (non-hydrogen) atoms. The van der Waals surface area contributed by atoms with Gasteiger partial charge in [0, 0.05) is 12.8 Å². The van der Waals surface area contributed by atoms with Crippen LogP contribution in [0.5, 0.6) is 5.75 Å². The van der Waals surface area contributed by atoms with Gasteiger partial charge in [-0.05, 0) is 80.4 Å². The summed E-state index contributed by atoms with van der Waals surface area (Å²) in [4.78, 5) is 25.9. The summed E-state index contributed by atoms with van der Waals surface area (Å²) in [5.74, 6) is 2.74. The molecule has 2 fully saturated rings. The molecule has 220 valence electrons. The van der Waals surface area contributed by atoms with Crippen LogP contribution in [-0.2, 0) is 9.59 Å². The van der Waals surface area contributed by atoms with Crippen molar-refractivity contribution >= 4 is 11.6 Å². The highest BCUT2D eigenvalue weighted by atomic mass is 16.5. The fourth-order valence-corrected chi connectivity index (χ4v) is 6.93. The molecule has 0 saturated heterocycles. The van der Waals surface area contributed by atoms with E-state index in [4.69, 9.17) is 4.74 Å². The third kappa shape index (κ3) is 11.8. The highest BCUT2D eigenvalue weighted by molar-refractivity contribution is 6.02. The number of carbonyl (C=O) groups is 2. The van der Waals surface area contributed by atoms with Crippen molar-refractivity contribution in [1.82, 2.24) is 0 Å². The smallest absolute Gasteiger partial charge is 0.143 e. The van der Waals surface area contributed by atoms with Gasteiger partial charge < -0.3 is 4.74 Å². The molecule has 2 unspecified atom stereocenters. The second kappa shape index (κ2) is 18.7. The molecule has 3 rings (SSSR count). The second-order valence-corrected chi connectivity index (χ2v) is 12.8. The van der Waals surface area contributed by atoms with Gasteiger partial charge in [-0.2, -0.15) is 0 Å². The molecule has 2 aliphatic carbocycles. The Balaban J connectivity index is 1.29. The number of unbranched alkanes of at least 4 members (excludes halogenated alkanes) is 10. The molecule has 0 radical (unpaired) electrons. The molecule has 0 aliphatic heterocycles. The summed E-state index contributed by atoms with van der Waals surface area (Å²) in [6.07, 6.45) is 24.4. The third-order valence-corrected chi connectivity index (χ3v) is 9.55. The number of hydrogen-bond acceptors (Lipinski definition) is 3.